The Balaban J connectivity index is 1.46. The maximum Gasteiger partial charge on any atom is 0.174 e. The molecule has 2 fully saturated rings. The molecule has 0 saturated carbocycles. The van der Waals surface area contributed by atoms with Crippen molar-refractivity contribution in [3.8, 4) is 5.75 Å². The van der Waals surface area contributed by atoms with Crippen molar-refractivity contribution in [2.45, 2.75) is 38.9 Å². The third kappa shape index (κ3) is 4.98. The molecule has 1 N–H and O–H groups in total. The second kappa shape index (κ2) is 11.0. The molecule has 2 saturated heterocycles. The van der Waals surface area contributed by atoms with Gasteiger partial charge in [-0.2, -0.15) is 0 Å². The number of anilines is 1. The fraction of sp³-hybridized carbons (Fsp3) is 0.429. The monoisotopic (exact) mass is 505 g/mol. The zero-order valence-electron chi connectivity index (χ0n) is 21.3. The molecule has 0 aliphatic carbocycles. The number of thiocarbonyl (C=S) groups is 1. The highest BCUT2D eigenvalue weighted by Gasteiger charge is 2.42. The molecular formula is C28H35N5O2S. The smallest absolute Gasteiger partial charge is 0.174 e. The van der Waals surface area contributed by atoms with Crippen LogP contribution < -0.4 is 15.0 Å². The first kappa shape index (κ1) is 24.7. The first-order valence-electron chi connectivity index (χ1n) is 12.7. The second-order valence-electron chi connectivity index (χ2n) is 9.48. The van der Waals surface area contributed by atoms with Crippen LogP contribution in [0.4, 0.5) is 5.69 Å². The molecule has 2 aliphatic heterocycles. The summed E-state index contributed by atoms with van der Waals surface area (Å²) in [5.74, 6) is 0.827. The SMILES string of the molecule is COc1ccc(N2C(=S)NC(c3ccccn3)C2c2cc(C)n(CCCN3CCOCC3)c2C)cc1. The number of rotatable bonds is 8. The Morgan fingerprint density at radius 3 is 2.56 bits per heavy atom. The van der Waals surface area contributed by atoms with Crippen LogP contribution >= 0.6 is 12.2 Å². The molecule has 7 nitrogen and oxygen atoms in total. The van der Waals surface area contributed by atoms with Gasteiger partial charge in [0.05, 0.1) is 38.1 Å². The van der Waals surface area contributed by atoms with Crippen LogP contribution in [0.15, 0.2) is 54.7 Å². The van der Waals surface area contributed by atoms with Crippen molar-refractivity contribution >= 4 is 23.0 Å². The number of nitrogens with one attached hydrogen (secondary N) is 1. The molecule has 0 amide bonds. The van der Waals surface area contributed by atoms with Crippen LogP contribution in [-0.2, 0) is 11.3 Å². The second-order valence-corrected chi connectivity index (χ2v) is 9.87. The molecule has 190 valence electrons. The molecule has 4 heterocycles. The molecule has 2 unspecified atom stereocenters. The van der Waals surface area contributed by atoms with Crippen LogP contribution in [0, 0.1) is 13.8 Å². The highest BCUT2D eigenvalue weighted by atomic mass is 32.1. The van der Waals surface area contributed by atoms with Crippen molar-refractivity contribution in [3.05, 3.63) is 77.4 Å². The average molecular weight is 506 g/mol. The molecule has 0 spiro atoms. The Hall–Kier alpha value is -2.94. The van der Waals surface area contributed by atoms with Crippen LogP contribution in [0.2, 0.25) is 0 Å². The fourth-order valence-electron chi connectivity index (χ4n) is 5.44. The summed E-state index contributed by atoms with van der Waals surface area (Å²) in [6.45, 7) is 10.3. The maximum atomic E-state index is 5.90. The summed E-state index contributed by atoms with van der Waals surface area (Å²) in [6, 6.07) is 16.4. The normalized spacial score (nSPS) is 20.5. The maximum absolute atomic E-state index is 5.90. The lowest BCUT2D eigenvalue weighted by Gasteiger charge is -2.28. The zero-order chi connectivity index (χ0) is 25.1. The molecule has 2 aliphatic rings. The first-order valence-corrected chi connectivity index (χ1v) is 13.1. The van der Waals surface area contributed by atoms with Crippen molar-refractivity contribution < 1.29 is 9.47 Å². The van der Waals surface area contributed by atoms with E-state index in [-0.39, 0.29) is 12.1 Å². The van der Waals surface area contributed by atoms with Gasteiger partial charge in [-0.3, -0.25) is 9.88 Å². The Bertz CT molecular complexity index is 1170. The van der Waals surface area contributed by atoms with E-state index >= 15 is 0 Å². The van der Waals surface area contributed by atoms with Gasteiger partial charge in [0.25, 0.3) is 0 Å². The zero-order valence-corrected chi connectivity index (χ0v) is 22.1. The van der Waals surface area contributed by atoms with Crippen molar-refractivity contribution in [1.29, 1.82) is 0 Å². The van der Waals surface area contributed by atoms with Crippen LogP contribution in [0.1, 0.15) is 41.1 Å². The summed E-state index contributed by atoms with van der Waals surface area (Å²) in [5.41, 5.74) is 5.85. The number of methoxy groups -OCH3 is 1. The van der Waals surface area contributed by atoms with Crippen LogP contribution in [0.25, 0.3) is 0 Å². The standard InChI is InChI=1S/C28H35N5O2S/c1-20-19-24(21(2)32(20)14-6-13-31-15-17-35-18-16-31)27-26(25-7-4-5-12-29-25)30-28(36)33(27)22-8-10-23(34-3)11-9-22/h4-5,7-12,19,26-27H,6,13-18H2,1-3H3,(H,30,36). The summed E-state index contributed by atoms with van der Waals surface area (Å²) >= 11 is 5.90. The minimum atomic E-state index is -0.0527. The van der Waals surface area contributed by atoms with Crippen molar-refractivity contribution in [2.75, 3.05) is 44.9 Å². The van der Waals surface area contributed by atoms with Gasteiger partial charge < -0.3 is 24.3 Å². The number of ether oxygens (including phenoxy) is 2. The van der Waals surface area contributed by atoms with E-state index in [9.17, 15) is 0 Å². The van der Waals surface area contributed by atoms with E-state index in [0.29, 0.717) is 5.11 Å². The molecule has 8 heteroatoms. The van der Waals surface area contributed by atoms with Crippen molar-refractivity contribution in [3.63, 3.8) is 0 Å². The fourth-order valence-corrected chi connectivity index (χ4v) is 5.79. The van der Waals surface area contributed by atoms with E-state index in [1.807, 2.05) is 30.5 Å². The molecular weight excluding hydrogens is 470 g/mol. The van der Waals surface area contributed by atoms with Crippen molar-refractivity contribution in [2.24, 2.45) is 0 Å². The van der Waals surface area contributed by atoms with E-state index in [1.165, 1.54) is 17.0 Å². The number of morpholine rings is 1. The van der Waals surface area contributed by atoms with Crippen LogP contribution in [0.3, 0.4) is 0 Å². The molecule has 3 aromatic rings. The van der Waals surface area contributed by atoms with E-state index in [4.69, 9.17) is 26.7 Å². The predicted octanol–water partition coefficient (Wildman–Crippen LogP) is 4.41. The topological polar surface area (TPSA) is 54.8 Å². The number of hydrogen-bond donors (Lipinski definition) is 1. The van der Waals surface area contributed by atoms with E-state index in [1.54, 1.807) is 7.11 Å². The van der Waals surface area contributed by atoms with Gasteiger partial charge in [0.15, 0.2) is 5.11 Å². The average Bonchev–Trinajstić information content (AvgIpc) is 3.40. The predicted molar refractivity (Wildman–Crippen MR) is 147 cm³/mol. The lowest BCUT2D eigenvalue weighted by atomic mass is 9.96. The number of aryl methyl sites for hydroxylation is 1. The van der Waals surface area contributed by atoms with E-state index in [0.717, 1.165) is 62.9 Å². The van der Waals surface area contributed by atoms with Gasteiger partial charge in [-0.25, -0.2) is 0 Å². The highest BCUT2D eigenvalue weighted by Crippen LogP contribution is 2.43. The Labute approximate surface area is 219 Å². The lowest BCUT2D eigenvalue weighted by molar-refractivity contribution is 0.0369. The van der Waals surface area contributed by atoms with Gasteiger partial charge in [-0.05, 0) is 80.5 Å². The molecule has 2 aromatic heterocycles. The first-order chi connectivity index (χ1) is 17.6. The van der Waals surface area contributed by atoms with Crippen LogP contribution in [0.5, 0.6) is 5.75 Å². The number of nitrogens with zero attached hydrogens (tertiary/aromatic N) is 4. The van der Waals surface area contributed by atoms with Gasteiger partial charge in [0.2, 0.25) is 0 Å². The number of hydrogen-bond acceptors (Lipinski definition) is 5. The Kier molecular flexibility index (Phi) is 7.55. The Morgan fingerprint density at radius 1 is 1.08 bits per heavy atom. The lowest BCUT2D eigenvalue weighted by Crippen LogP contribution is -2.37. The van der Waals surface area contributed by atoms with Gasteiger partial charge >= 0.3 is 0 Å². The largest absolute Gasteiger partial charge is 0.497 e. The van der Waals surface area contributed by atoms with Gasteiger partial charge in [0.1, 0.15) is 5.75 Å². The number of benzene rings is 1. The number of pyridine rings is 1. The molecule has 0 radical (unpaired) electrons. The molecule has 36 heavy (non-hydrogen) atoms. The minimum absolute atomic E-state index is 0.0139. The highest BCUT2D eigenvalue weighted by molar-refractivity contribution is 7.80. The summed E-state index contributed by atoms with van der Waals surface area (Å²) in [5, 5.41) is 4.28. The molecule has 1 aromatic carbocycles. The van der Waals surface area contributed by atoms with Gasteiger partial charge in [-0.15, -0.1) is 0 Å². The summed E-state index contributed by atoms with van der Waals surface area (Å²) in [7, 11) is 1.69. The molecule has 0 bridgehead atoms. The summed E-state index contributed by atoms with van der Waals surface area (Å²) in [6.07, 6.45) is 2.96. The molecule has 5 rings (SSSR count). The Morgan fingerprint density at radius 2 is 1.86 bits per heavy atom. The van der Waals surface area contributed by atoms with Crippen molar-refractivity contribution in [1.82, 2.24) is 19.8 Å². The number of aromatic nitrogens is 2. The van der Waals surface area contributed by atoms with Gasteiger partial charge in [-0.1, -0.05) is 6.07 Å². The van der Waals surface area contributed by atoms with Crippen LogP contribution in [-0.4, -0.2) is 59.5 Å². The summed E-state index contributed by atoms with van der Waals surface area (Å²) < 4.78 is 13.3. The quantitative estimate of drug-likeness (QED) is 0.455. The third-order valence-electron chi connectivity index (χ3n) is 7.34. The van der Waals surface area contributed by atoms with E-state index < -0.39 is 0 Å². The third-order valence-corrected chi connectivity index (χ3v) is 7.65. The minimum Gasteiger partial charge on any atom is -0.497 e. The van der Waals surface area contributed by atoms with E-state index in [2.05, 4.69) is 57.8 Å². The van der Waals surface area contributed by atoms with Gasteiger partial charge in [0, 0.05) is 49.5 Å². The summed E-state index contributed by atoms with van der Waals surface area (Å²) in [4.78, 5) is 9.43. The molecule has 2 atom stereocenters.